The molecule has 4 rings (SSSR count). The summed E-state index contributed by atoms with van der Waals surface area (Å²) in [5.74, 6) is 2.17. The number of amides is 1. The van der Waals surface area contributed by atoms with Crippen LogP contribution in [0.15, 0.2) is 28.8 Å². The van der Waals surface area contributed by atoms with Gasteiger partial charge in [-0.1, -0.05) is 5.16 Å². The summed E-state index contributed by atoms with van der Waals surface area (Å²) in [4.78, 5) is 19.7. The minimum absolute atomic E-state index is 0.213. The molecule has 7 nitrogen and oxygen atoms in total. The summed E-state index contributed by atoms with van der Waals surface area (Å²) in [5.41, 5.74) is 1.35. The van der Waals surface area contributed by atoms with E-state index in [1.54, 1.807) is 0 Å². The third-order valence-electron chi connectivity index (χ3n) is 3.98. The molecule has 2 aromatic heterocycles. The molecule has 2 N–H and O–H groups in total. The maximum absolute atomic E-state index is 12.3. The van der Waals surface area contributed by atoms with Crippen molar-refractivity contribution in [2.45, 2.75) is 32.2 Å². The van der Waals surface area contributed by atoms with E-state index in [2.05, 4.69) is 20.4 Å². The van der Waals surface area contributed by atoms with Crippen LogP contribution in [0.1, 0.15) is 47.9 Å². The van der Waals surface area contributed by atoms with Gasteiger partial charge in [0.2, 0.25) is 5.89 Å². The van der Waals surface area contributed by atoms with Crippen molar-refractivity contribution in [3.05, 3.63) is 41.7 Å². The summed E-state index contributed by atoms with van der Waals surface area (Å²) in [5, 5.41) is 7.68. The van der Waals surface area contributed by atoms with E-state index in [-0.39, 0.29) is 12.5 Å². The van der Waals surface area contributed by atoms with E-state index in [1.165, 1.54) is 0 Å². The summed E-state index contributed by atoms with van der Waals surface area (Å²) in [6, 6.07) is 7.51. The van der Waals surface area contributed by atoms with Gasteiger partial charge in [-0.3, -0.25) is 4.79 Å². The number of hydrogen-bond acceptors (Lipinski definition) is 5. The van der Waals surface area contributed by atoms with Crippen molar-refractivity contribution in [3.63, 3.8) is 0 Å². The summed E-state index contributed by atoms with van der Waals surface area (Å²) in [6.07, 6.45) is 2.23. The van der Waals surface area contributed by atoms with Crippen molar-refractivity contribution >= 4 is 16.8 Å². The molecule has 3 aromatic rings. The van der Waals surface area contributed by atoms with Crippen molar-refractivity contribution in [2.24, 2.45) is 0 Å². The Morgan fingerprint density at radius 1 is 1.42 bits per heavy atom. The lowest BCUT2D eigenvalue weighted by molar-refractivity contribution is 0.0942. The number of carbonyl (C=O) groups excluding carboxylic acids is 1. The average Bonchev–Trinajstić information content (AvgIpc) is 3.18. The molecule has 0 aliphatic heterocycles. The van der Waals surface area contributed by atoms with Crippen LogP contribution in [0.5, 0.6) is 5.75 Å². The second kappa shape index (κ2) is 5.99. The van der Waals surface area contributed by atoms with Gasteiger partial charge < -0.3 is 19.6 Å². The monoisotopic (exact) mass is 326 g/mol. The zero-order chi connectivity index (χ0) is 16.5. The van der Waals surface area contributed by atoms with E-state index in [9.17, 15) is 4.79 Å². The van der Waals surface area contributed by atoms with Crippen LogP contribution in [0.3, 0.4) is 0 Å². The molecule has 7 heteroatoms. The molecule has 1 aromatic carbocycles. The van der Waals surface area contributed by atoms with E-state index in [0.717, 1.165) is 35.3 Å². The fraction of sp³-hybridized carbons (Fsp3) is 0.353. The number of hydrogen-bond donors (Lipinski definition) is 2. The van der Waals surface area contributed by atoms with Gasteiger partial charge in [0.25, 0.3) is 5.91 Å². The fourth-order valence-electron chi connectivity index (χ4n) is 2.58. The number of carbonyl (C=O) groups is 1. The van der Waals surface area contributed by atoms with Crippen LogP contribution < -0.4 is 10.1 Å². The van der Waals surface area contributed by atoms with Crippen molar-refractivity contribution < 1.29 is 14.1 Å². The van der Waals surface area contributed by atoms with Gasteiger partial charge in [-0.25, -0.2) is 0 Å². The smallest absolute Gasteiger partial charge is 0.268 e. The van der Waals surface area contributed by atoms with E-state index in [4.69, 9.17) is 9.26 Å². The van der Waals surface area contributed by atoms with Crippen LogP contribution in [0.4, 0.5) is 0 Å². The summed E-state index contributed by atoms with van der Waals surface area (Å²) >= 11 is 0. The topological polar surface area (TPSA) is 93.0 Å². The highest BCUT2D eigenvalue weighted by Gasteiger charge is 2.28. The van der Waals surface area contributed by atoms with Crippen LogP contribution in [0, 0.1) is 0 Å². The number of aromatic nitrogens is 3. The number of aromatic amines is 1. The van der Waals surface area contributed by atoms with Crippen LogP contribution >= 0.6 is 0 Å². The van der Waals surface area contributed by atoms with Crippen LogP contribution in [-0.4, -0.2) is 27.6 Å². The van der Waals surface area contributed by atoms with Gasteiger partial charge in [-0.2, -0.15) is 4.98 Å². The summed E-state index contributed by atoms with van der Waals surface area (Å²) in [7, 11) is 0. The maximum Gasteiger partial charge on any atom is 0.268 e. The number of nitrogens with one attached hydrogen (secondary N) is 2. The van der Waals surface area contributed by atoms with Crippen molar-refractivity contribution in [1.82, 2.24) is 20.4 Å². The van der Waals surface area contributed by atoms with Crippen LogP contribution in [0.2, 0.25) is 0 Å². The van der Waals surface area contributed by atoms with Crippen molar-refractivity contribution in [1.29, 1.82) is 0 Å². The van der Waals surface area contributed by atoms with Gasteiger partial charge in [0.15, 0.2) is 5.82 Å². The first-order valence-electron chi connectivity index (χ1n) is 8.09. The van der Waals surface area contributed by atoms with Gasteiger partial charge >= 0.3 is 0 Å². The third-order valence-corrected chi connectivity index (χ3v) is 3.98. The lowest BCUT2D eigenvalue weighted by Gasteiger charge is -2.01. The molecule has 1 aliphatic rings. The molecule has 124 valence electrons. The first-order valence-corrected chi connectivity index (χ1v) is 8.09. The molecular formula is C17H18N4O3. The highest BCUT2D eigenvalue weighted by Crippen LogP contribution is 2.38. The molecular weight excluding hydrogens is 308 g/mol. The molecule has 1 amide bonds. The molecule has 0 bridgehead atoms. The lowest BCUT2D eigenvalue weighted by atomic mass is 10.2. The minimum atomic E-state index is -0.213. The Bertz CT molecular complexity index is 879. The Hall–Kier alpha value is -2.83. The van der Waals surface area contributed by atoms with E-state index in [0.29, 0.717) is 24.1 Å². The minimum Gasteiger partial charge on any atom is -0.494 e. The number of fused-ring (bicyclic) bond motifs is 1. The van der Waals surface area contributed by atoms with Crippen LogP contribution in [0.25, 0.3) is 10.9 Å². The second-order valence-corrected chi connectivity index (χ2v) is 5.87. The predicted octanol–water partition coefficient (Wildman–Crippen LogP) is 2.76. The molecule has 0 radical (unpaired) electrons. The van der Waals surface area contributed by atoms with E-state index < -0.39 is 0 Å². The number of benzene rings is 1. The Kier molecular flexibility index (Phi) is 3.68. The Morgan fingerprint density at radius 2 is 2.29 bits per heavy atom. The molecule has 24 heavy (non-hydrogen) atoms. The quantitative estimate of drug-likeness (QED) is 0.726. The highest BCUT2D eigenvalue weighted by atomic mass is 16.5. The average molecular weight is 326 g/mol. The maximum atomic E-state index is 12.3. The standard InChI is InChI=1S/C17H18N4O3/c1-2-23-12-6-5-11-7-14(19-13(11)8-12)17(22)18-9-15-20-16(21-24-15)10-3-4-10/h5-8,10,19H,2-4,9H2,1H3,(H,18,22). The van der Waals surface area contributed by atoms with Gasteiger partial charge in [0.1, 0.15) is 11.4 Å². The first-order chi connectivity index (χ1) is 11.7. The largest absolute Gasteiger partial charge is 0.494 e. The normalized spacial score (nSPS) is 14.0. The second-order valence-electron chi connectivity index (χ2n) is 5.87. The zero-order valence-electron chi connectivity index (χ0n) is 13.3. The Balaban J connectivity index is 1.43. The Morgan fingerprint density at radius 3 is 3.08 bits per heavy atom. The molecule has 0 atom stereocenters. The SMILES string of the molecule is CCOc1ccc2cc(C(=O)NCc3nc(C4CC4)no3)[nH]c2c1. The van der Waals surface area contributed by atoms with Crippen molar-refractivity contribution in [3.8, 4) is 5.75 Å². The molecule has 0 unspecified atom stereocenters. The van der Waals surface area contributed by atoms with Gasteiger partial charge in [-0.15, -0.1) is 0 Å². The number of nitrogens with zero attached hydrogens (tertiary/aromatic N) is 2. The van der Waals surface area contributed by atoms with Gasteiger partial charge in [-0.05, 0) is 38.0 Å². The van der Waals surface area contributed by atoms with Crippen LogP contribution in [-0.2, 0) is 6.54 Å². The fourth-order valence-corrected chi connectivity index (χ4v) is 2.58. The molecule has 1 aliphatic carbocycles. The Labute approximate surface area is 138 Å². The number of ether oxygens (including phenoxy) is 1. The summed E-state index contributed by atoms with van der Waals surface area (Å²) < 4.78 is 10.6. The van der Waals surface area contributed by atoms with E-state index >= 15 is 0 Å². The number of rotatable bonds is 6. The molecule has 0 spiro atoms. The first kappa shape index (κ1) is 14.7. The number of H-pyrrole nitrogens is 1. The van der Waals surface area contributed by atoms with Gasteiger partial charge in [0, 0.05) is 22.9 Å². The molecule has 2 heterocycles. The zero-order valence-corrected chi connectivity index (χ0v) is 13.3. The van der Waals surface area contributed by atoms with E-state index in [1.807, 2.05) is 31.2 Å². The third kappa shape index (κ3) is 2.97. The molecule has 1 fully saturated rings. The lowest BCUT2D eigenvalue weighted by Crippen LogP contribution is -2.23. The highest BCUT2D eigenvalue weighted by molar-refractivity contribution is 5.98. The van der Waals surface area contributed by atoms with Crippen molar-refractivity contribution in [2.75, 3.05) is 6.61 Å². The molecule has 1 saturated carbocycles. The molecule has 0 saturated heterocycles. The predicted molar refractivity (Wildman–Crippen MR) is 86.9 cm³/mol. The van der Waals surface area contributed by atoms with Gasteiger partial charge in [0.05, 0.1) is 13.2 Å². The summed E-state index contributed by atoms with van der Waals surface area (Å²) in [6.45, 7) is 2.76.